The lowest BCUT2D eigenvalue weighted by molar-refractivity contribution is -0.133. The number of rotatable bonds is 7. The zero-order chi connectivity index (χ0) is 21.1. The summed E-state index contributed by atoms with van der Waals surface area (Å²) >= 11 is 0. The maximum absolute atomic E-state index is 12.9. The van der Waals surface area contributed by atoms with E-state index in [1.165, 1.54) is 5.56 Å². The van der Waals surface area contributed by atoms with Crippen LogP contribution in [0.1, 0.15) is 65.6 Å². The van der Waals surface area contributed by atoms with E-state index in [9.17, 15) is 14.4 Å². The van der Waals surface area contributed by atoms with Gasteiger partial charge in [-0.3, -0.25) is 19.1 Å². The Morgan fingerprint density at radius 3 is 2.80 bits per heavy atom. The molecule has 0 radical (unpaired) electrons. The van der Waals surface area contributed by atoms with Crippen LogP contribution in [0.4, 0.5) is 0 Å². The highest BCUT2D eigenvalue weighted by atomic mass is 16.2. The molecule has 1 aromatic carbocycles. The lowest BCUT2D eigenvalue weighted by Gasteiger charge is -2.29. The number of nitrogens with zero attached hydrogens (tertiary/aromatic N) is 3. The molecule has 1 saturated carbocycles. The van der Waals surface area contributed by atoms with Gasteiger partial charge in [-0.15, -0.1) is 6.42 Å². The summed E-state index contributed by atoms with van der Waals surface area (Å²) in [6.45, 7) is 1.31. The first-order valence-electron chi connectivity index (χ1n) is 10.5. The van der Waals surface area contributed by atoms with E-state index in [-0.39, 0.29) is 23.9 Å². The number of aryl methyl sites for hydroxylation is 2. The van der Waals surface area contributed by atoms with Crippen LogP contribution in [0.3, 0.4) is 0 Å². The summed E-state index contributed by atoms with van der Waals surface area (Å²) in [7, 11) is 0. The summed E-state index contributed by atoms with van der Waals surface area (Å²) in [6, 6.07) is 5.39. The van der Waals surface area contributed by atoms with Crippen molar-refractivity contribution in [1.82, 2.24) is 14.7 Å². The van der Waals surface area contributed by atoms with Crippen molar-refractivity contribution in [1.29, 1.82) is 0 Å². The van der Waals surface area contributed by atoms with Gasteiger partial charge in [-0.2, -0.15) is 5.10 Å². The highest BCUT2D eigenvalue weighted by Gasteiger charge is 2.39. The molecule has 0 bridgehead atoms. The number of hydrogen-bond donors (Lipinski definition) is 0. The fraction of sp³-hybridized carbons (Fsp3) is 0.417. The molecule has 0 saturated heterocycles. The Hall–Kier alpha value is -3.20. The van der Waals surface area contributed by atoms with Crippen LogP contribution in [-0.4, -0.2) is 38.2 Å². The van der Waals surface area contributed by atoms with Gasteiger partial charge < -0.3 is 4.90 Å². The van der Waals surface area contributed by atoms with Crippen molar-refractivity contribution >= 4 is 17.5 Å². The summed E-state index contributed by atoms with van der Waals surface area (Å²) in [6.07, 6.45) is 13.7. The molecule has 1 aliphatic heterocycles. The topological polar surface area (TPSA) is 72.3 Å². The number of benzene rings is 1. The van der Waals surface area contributed by atoms with Crippen LogP contribution < -0.4 is 0 Å². The first kappa shape index (κ1) is 20.1. The van der Waals surface area contributed by atoms with Gasteiger partial charge in [-0.1, -0.05) is 24.5 Å². The molecule has 1 amide bonds. The number of hydrogen-bond acceptors (Lipinski definition) is 4. The second kappa shape index (κ2) is 8.66. The summed E-state index contributed by atoms with van der Waals surface area (Å²) in [5.41, 5.74) is 3.72. The molecule has 1 atom stereocenters. The van der Waals surface area contributed by atoms with E-state index >= 15 is 0 Å². The first-order valence-corrected chi connectivity index (χ1v) is 10.5. The van der Waals surface area contributed by atoms with E-state index in [0.29, 0.717) is 24.9 Å². The van der Waals surface area contributed by atoms with E-state index in [4.69, 9.17) is 6.42 Å². The number of aromatic nitrogens is 2. The average Bonchev–Trinajstić information content (AvgIpc) is 3.33. The number of unbranched alkanes of at least 4 members (excludes halogenated alkanes) is 2. The molecule has 0 spiro atoms. The van der Waals surface area contributed by atoms with Crippen molar-refractivity contribution in [3.8, 4) is 12.3 Å². The van der Waals surface area contributed by atoms with Crippen LogP contribution in [0.25, 0.3) is 0 Å². The summed E-state index contributed by atoms with van der Waals surface area (Å²) in [5.74, 6) is 2.35. The zero-order valence-electron chi connectivity index (χ0n) is 17.0. The lowest BCUT2D eigenvalue weighted by atomic mass is 9.92. The van der Waals surface area contributed by atoms with Crippen molar-refractivity contribution in [2.24, 2.45) is 0 Å². The van der Waals surface area contributed by atoms with Gasteiger partial charge in [0.15, 0.2) is 5.78 Å². The van der Waals surface area contributed by atoms with Crippen LogP contribution >= 0.6 is 0 Å². The third-order valence-electron chi connectivity index (χ3n) is 6.04. The normalized spacial score (nSPS) is 18.6. The Morgan fingerprint density at radius 2 is 2.03 bits per heavy atom. The Balaban J connectivity index is 1.34. The number of fused-ring (bicyclic) bond motifs is 1. The minimum Gasteiger partial charge on any atom is -0.324 e. The Bertz CT molecular complexity index is 1030. The van der Waals surface area contributed by atoms with Crippen LogP contribution in [0, 0.1) is 12.3 Å². The summed E-state index contributed by atoms with van der Waals surface area (Å²) in [4.78, 5) is 38.4. The molecule has 2 heterocycles. The van der Waals surface area contributed by atoms with Gasteiger partial charge in [-0.05, 0) is 42.9 Å². The Morgan fingerprint density at radius 1 is 1.17 bits per heavy atom. The number of carbonyl (C=O) groups is 3. The Kier molecular flexibility index (Phi) is 5.80. The summed E-state index contributed by atoms with van der Waals surface area (Å²) in [5, 5.41) is 4.24. The fourth-order valence-corrected chi connectivity index (χ4v) is 4.42. The lowest BCUT2D eigenvalue weighted by Crippen LogP contribution is -2.44. The third-order valence-corrected chi connectivity index (χ3v) is 6.04. The molecule has 1 aliphatic carbocycles. The second-order valence-corrected chi connectivity index (χ2v) is 8.06. The highest BCUT2D eigenvalue weighted by Crippen LogP contribution is 2.31. The van der Waals surface area contributed by atoms with Crippen molar-refractivity contribution in [3.63, 3.8) is 0 Å². The number of terminal acetylenes is 1. The van der Waals surface area contributed by atoms with Gasteiger partial charge in [0.2, 0.25) is 0 Å². The molecule has 30 heavy (non-hydrogen) atoms. The number of Topliss-reactive ketones (excluding diaryl/α,β-unsaturated/α-hetero) is 2. The minimum absolute atomic E-state index is 0.0216. The molecular weight excluding hydrogens is 378 g/mol. The van der Waals surface area contributed by atoms with Crippen LogP contribution in [0.5, 0.6) is 0 Å². The molecular formula is C24H25N3O3. The van der Waals surface area contributed by atoms with E-state index in [2.05, 4.69) is 17.1 Å². The molecule has 6 nitrogen and oxygen atoms in total. The average molecular weight is 403 g/mol. The van der Waals surface area contributed by atoms with Crippen LogP contribution in [0.15, 0.2) is 30.6 Å². The molecule has 154 valence electrons. The predicted octanol–water partition coefficient (Wildman–Crippen LogP) is 2.92. The number of amides is 1. The van der Waals surface area contributed by atoms with Gasteiger partial charge >= 0.3 is 0 Å². The van der Waals surface area contributed by atoms with Gasteiger partial charge in [0, 0.05) is 31.3 Å². The van der Waals surface area contributed by atoms with Gasteiger partial charge in [0.05, 0.1) is 24.2 Å². The first-order chi connectivity index (χ1) is 14.6. The minimum atomic E-state index is -0.461. The van der Waals surface area contributed by atoms with Crippen LogP contribution in [0.2, 0.25) is 0 Å². The number of carbonyl (C=O) groups excluding carboxylic acids is 3. The molecule has 6 heteroatoms. The van der Waals surface area contributed by atoms with Crippen LogP contribution in [-0.2, 0) is 29.1 Å². The van der Waals surface area contributed by atoms with E-state index < -0.39 is 6.04 Å². The standard InChI is InChI=1S/C24H25N3O3/c1-2-17-14-25-26(15-17)12-5-3-4-7-18-8-6-9-20-21(18)16-27(24(20)30)22-11-10-19(28)13-23(22)29/h1,6,8-9,14-15,22H,3-5,7,10-13,16H2. The van der Waals surface area contributed by atoms with Crippen molar-refractivity contribution < 1.29 is 14.4 Å². The molecule has 0 N–H and O–H groups in total. The van der Waals surface area contributed by atoms with Crippen molar-refractivity contribution in [2.75, 3.05) is 0 Å². The van der Waals surface area contributed by atoms with E-state index in [1.807, 2.05) is 23.0 Å². The molecule has 2 aromatic rings. The predicted molar refractivity (Wildman–Crippen MR) is 112 cm³/mol. The fourth-order valence-electron chi connectivity index (χ4n) is 4.42. The highest BCUT2D eigenvalue weighted by molar-refractivity contribution is 6.07. The van der Waals surface area contributed by atoms with E-state index in [0.717, 1.165) is 43.4 Å². The van der Waals surface area contributed by atoms with Gasteiger partial charge in [0.1, 0.15) is 5.78 Å². The maximum Gasteiger partial charge on any atom is 0.255 e. The molecule has 2 aliphatic rings. The summed E-state index contributed by atoms with van der Waals surface area (Å²) < 4.78 is 1.87. The smallest absolute Gasteiger partial charge is 0.255 e. The van der Waals surface area contributed by atoms with Crippen molar-refractivity contribution in [3.05, 3.63) is 52.8 Å². The molecule has 1 unspecified atom stereocenters. The molecule has 1 fully saturated rings. The van der Waals surface area contributed by atoms with Gasteiger partial charge in [0.25, 0.3) is 5.91 Å². The largest absolute Gasteiger partial charge is 0.324 e. The SMILES string of the molecule is C#Cc1cnn(CCCCCc2cccc3c2CN(C2CCC(=O)CC2=O)C3=O)c1. The Labute approximate surface area is 176 Å². The maximum atomic E-state index is 12.9. The zero-order valence-corrected chi connectivity index (χ0v) is 17.0. The molecule has 4 rings (SSSR count). The quantitative estimate of drug-likeness (QED) is 0.405. The van der Waals surface area contributed by atoms with Gasteiger partial charge in [-0.25, -0.2) is 0 Å². The second-order valence-electron chi connectivity index (χ2n) is 8.06. The van der Waals surface area contributed by atoms with E-state index in [1.54, 1.807) is 11.1 Å². The van der Waals surface area contributed by atoms with Crippen molar-refractivity contribution in [2.45, 2.75) is 64.1 Å². The third kappa shape index (κ3) is 4.06. The number of ketones is 2. The molecule has 1 aromatic heterocycles. The monoisotopic (exact) mass is 403 g/mol.